The van der Waals surface area contributed by atoms with Crippen molar-refractivity contribution in [2.75, 3.05) is 0 Å². The summed E-state index contributed by atoms with van der Waals surface area (Å²) in [6, 6.07) is 12.0. The van der Waals surface area contributed by atoms with Gasteiger partial charge in [0.05, 0.1) is 17.6 Å². The van der Waals surface area contributed by atoms with Crippen molar-refractivity contribution in [3.8, 4) is 0 Å². The van der Waals surface area contributed by atoms with Gasteiger partial charge in [-0.25, -0.2) is 9.59 Å². The van der Waals surface area contributed by atoms with Gasteiger partial charge < -0.3 is 9.52 Å². The second-order valence-electron chi connectivity index (χ2n) is 4.93. The Kier molecular flexibility index (Phi) is 3.10. The molecule has 0 saturated heterocycles. The van der Waals surface area contributed by atoms with Gasteiger partial charge in [-0.3, -0.25) is 4.57 Å². The Morgan fingerprint density at radius 3 is 2.57 bits per heavy atom. The minimum Gasteiger partial charge on any atom is -0.478 e. The zero-order chi connectivity index (χ0) is 15.0. The Balaban J connectivity index is 1.99. The van der Waals surface area contributed by atoms with Gasteiger partial charge in [0, 0.05) is 0 Å². The molecule has 0 spiro atoms. The molecule has 5 nitrogen and oxygen atoms in total. The third-order valence-corrected chi connectivity index (χ3v) is 3.37. The zero-order valence-corrected chi connectivity index (χ0v) is 11.4. The molecule has 1 N–H and O–H groups in total. The predicted molar refractivity (Wildman–Crippen MR) is 77.7 cm³/mol. The molecule has 0 fully saturated rings. The van der Waals surface area contributed by atoms with Crippen LogP contribution in [0.15, 0.2) is 51.7 Å². The number of rotatable bonds is 3. The molecule has 1 heterocycles. The van der Waals surface area contributed by atoms with Crippen molar-refractivity contribution in [1.82, 2.24) is 4.57 Å². The predicted octanol–water partition coefficient (Wildman–Crippen LogP) is 2.65. The number of carboxylic acid groups (broad SMARTS) is 1. The number of aryl methyl sites for hydroxylation is 1. The number of oxazole rings is 1. The fourth-order valence-corrected chi connectivity index (χ4v) is 2.26. The minimum atomic E-state index is -0.969. The lowest BCUT2D eigenvalue weighted by Gasteiger charge is -2.03. The second kappa shape index (κ2) is 4.94. The molecule has 1 aromatic heterocycles. The lowest BCUT2D eigenvalue weighted by molar-refractivity contribution is 0.0697. The van der Waals surface area contributed by atoms with Crippen molar-refractivity contribution in [3.63, 3.8) is 0 Å². The number of nitrogens with zero attached hydrogens (tertiary/aromatic N) is 1. The lowest BCUT2D eigenvalue weighted by atomic mass is 10.1. The first-order chi connectivity index (χ1) is 10.0. The van der Waals surface area contributed by atoms with Gasteiger partial charge >= 0.3 is 11.7 Å². The Morgan fingerprint density at radius 1 is 1.19 bits per heavy atom. The highest BCUT2D eigenvalue weighted by Gasteiger charge is 2.10. The first kappa shape index (κ1) is 13.2. The minimum absolute atomic E-state index is 0.221. The molecule has 0 radical (unpaired) electrons. The molecule has 5 heteroatoms. The van der Waals surface area contributed by atoms with E-state index in [0.29, 0.717) is 12.1 Å². The summed E-state index contributed by atoms with van der Waals surface area (Å²) in [7, 11) is 0. The largest absolute Gasteiger partial charge is 0.478 e. The van der Waals surface area contributed by atoms with Gasteiger partial charge in [0.2, 0.25) is 0 Å². The number of hydrogen-bond acceptors (Lipinski definition) is 3. The maximum absolute atomic E-state index is 11.9. The molecular formula is C16H13NO4. The summed E-state index contributed by atoms with van der Waals surface area (Å²) in [6.45, 7) is 2.27. The average Bonchev–Trinajstić information content (AvgIpc) is 2.75. The lowest BCUT2D eigenvalue weighted by Crippen LogP contribution is -2.14. The fourth-order valence-electron chi connectivity index (χ4n) is 2.26. The second-order valence-corrected chi connectivity index (χ2v) is 4.93. The van der Waals surface area contributed by atoms with Crippen molar-refractivity contribution in [2.45, 2.75) is 13.5 Å². The van der Waals surface area contributed by atoms with Crippen LogP contribution < -0.4 is 5.76 Å². The summed E-state index contributed by atoms with van der Waals surface area (Å²) < 4.78 is 6.76. The van der Waals surface area contributed by atoms with Crippen molar-refractivity contribution < 1.29 is 14.3 Å². The summed E-state index contributed by atoms with van der Waals surface area (Å²) >= 11 is 0. The van der Waals surface area contributed by atoms with Crippen LogP contribution in [0.1, 0.15) is 21.5 Å². The number of carbonyl (C=O) groups is 1. The smallest absolute Gasteiger partial charge is 0.420 e. The van der Waals surface area contributed by atoms with E-state index in [1.54, 1.807) is 12.1 Å². The summed E-state index contributed by atoms with van der Waals surface area (Å²) in [4.78, 5) is 22.8. The van der Waals surface area contributed by atoms with E-state index in [1.165, 1.54) is 16.7 Å². The summed E-state index contributed by atoms with van der Waals surface area (Å²) in [5.41, 5.74) is 3.37. The molecule has 0 aliphatic carbocycles. The third kappa shape index (κ3) is 2.45. The van der Waals surface area contributed by atoms with E-state index in [2.05, 4.69) is 0 Å². The standard InChI is InChI=1S/C16H13NO4/c1-10-2-7-13-14(8-10)21-16(20)17(13)9-11-3-5-12(6-4-11)15(18)19/h2-8H,9H2,1H3,(H,18,19). The van der Waals surface area contributed by atoms with Gasteiger partial charge in [-0.1, -0.05) is 18.2 Å². The van der Waals surface area contributed by atoms with Crippen molar-refractivity contribution >= 4 is 17.1 Å². The molecule has 0 bridgehead atoms. The van der Waals surface area contributed by atoms with Crippen LogP contribution in [-0.2, 0) is 6.54 Å². The molecule has 3 rings (SSSR count). The van der Waals surface area contributed by atoms with E-state index < -0.39 is 11.7 Å². The molecule has 0 atom stereocenters. The van der Waals surface area contributed by atoms with Crippen LogP contribution in [0.4, 0.5) is 0 Å². The zero-order valence-electron chi connectivity index (χ0n) is 11.4. The van der Waals surface area contributed by atoms with E-state index in [4.69, 9.17) is 9.52 Å². The van der Waals surface area contributed by atoms with Crippen molar-refractivity contribution in [2.24, 2.45) is 0 Å². The highest BCUT2D eigenvalue weighted by Crippen LogP contribution is 2.16. The molecule has 3 aromatic rings. The number of carboxylic acids is 1. The highest BCUT2D eigenvalue weighted by molar-refractivity contribution is 5.87. The van der Waals surface area contributed by atoms with Crippen LogP contribution in [0.5, 0.6) is 0 Å². The van der Waals surface area contributed by atoms with Gasteiger partial charge in [-0.2, -0.15) is 0 Å². The number of hydrogen-bond donors (Lipinski definition) is 1. The Bertz CT molecular complexity index is 871. The van der Waals surface area contributed by atoms with E-state index in [0.717, 1.165) is 16.6 Å². The van der Waals surface area contributed by atoms with E-state index >= 15 is 0 Å². The van der Waals surface area contributed by atoms with Crippen molar-refractivity contribution in [1.29, 1.82) is 0 Å². The molecule has 106 valence electrons. The third-order valence-electron chi connectivity index (χ3n) is 3.37. The SMILES string of the molecule is Cc1ccc2c(c1)oc(=O)n2Cc1ccc(C(=O)O)cc1. The summed E-state index contributed by atoms with van der Waals surface area (Å²) in [5.74, 6) is -1.39. The normalized spacial score (nSPS) is 10.9. The van der Waals surface area contributed by atoms with Crippen LogP contribution in [-0.4, -0.2) is 15.6 Å². The van der Waals surface area contributed by atoms with E-state index in [9.17, 15) is 9.59 Å². The monoisotopic (exact) mass is 283 g/mol. The van der Waals surface area contributed by atoms with Crippen LogP contribution in [0.25, 0.3) is 11.1 Å². The number of benzene rings is 2. The number of fused-ring (bicyclic) bond motifs is 1. The maximum Gasteiger partial charge on any atom is 0.420 e. The molecule has 0 aliphatic heterocycles. The topological polar surface area (TPSA) is 72.4 Å². The van der Waals surface area contributed by atoms with Crippen LogP contribution >= 0.6 is 0 Å². The van der Waals surface area contributed by atoms with Crippen molar-refractivity contribution in [3.05, 3.63) is 69.7 Å². The molecule has 0 unspecified atom stereocenters. The number of aromatic nitrogens is 1. The summed E-state index contributed by atoms with van der Waals surface area (Å²) in [5, 5.41) is 8.87. The van der Waals surface area contributed by atoms with Gasteiger partial charge in [-0.15, -0.1) is 0 Å². The average molecular weight is 283 g/mol. The van der Waals surface area contributed by atoms with E-state index in [1.807, 2.05) is 25.1 Å². The molecular weight excluding hydrogens is 270 g/mol. The quantitative estimate of drug-likeness (QED) is 0.802. The maximum atomic E-state index is 11.9. The van der Waals surface area contributed by atoms with Crippen LogP contribution in [0, 0.1) is 6.92 Å². The first-order valence-electron chi connectivity index (χ1n) is 6.47. The first-order valence-corrected chi connectivity index (χ1v) is 6.47. The van der Waals surface area contributed by atoms with Gasteiger partial charge in [0.15, 0.2) is 5.58 Å². The molecule has 21 heavy (non-hydrogen) atoms. The summed E-state index contributed by atoms with van der Waals surface area (Å²) in [6.07, 6.45) is 0. The Labute approximate surface area is 120 Å². The molecule has 0 amide bonds. The van der Waals surface area contributed by atoms with E-state index in [-0.39, 0.29) is 5.56 Å². The Morgan fingerprint density at radius 2 is 1.90 bits per heavy atom. The van der Waals surface area contributed by atoms with Gasteiger partial charge in [0.1, 0.15) is 0 Å². The van der Waals surface area contributed by atoms with Crippen LogP contribution in [0.3, 0.4) is 0 Å². The molecule has 0 saturated carbocycles. The molecule has 2 aromatic carbocycles. The van der Waals surface area contributed by atoms with Gasteiger partial charge in [0.25, 0.3) is 0 Å². The van der Waals surface area contributed by atoms with Crippen LogP contribution in [0.2, 0.25) is 0 Å². The fraction of sp³-hybridized carbons (Fsp3) is 0.125. The molecule has 0 aliphatic rings. The number of aromatic carboxylic acids is 1. The Hall–Kier alpha value is -2.82. The highest BCUT2D eigenvalue weighted by atomic mass is 16.4. The van der Waals surface area contributed by atoms with Gasteiger partial charge in [-0.05, 0) is 42.3 Å².